The molecule has 0 heterocycles. The summed E-state index contributed by atoms with van der Waals surface area (Å²) in [7, 11) is 0. The van der Waals surface area contributed by atoms with E-state index < -0.39 is 0 Å². The summed E-state index contributed by atoms with van der Waals surface area (Å²) < 4.78 is 0. The van der Waals surface area contributed by atoms with Gasteiger partial charge in [0.25, 0.3) is 0 Å². The Morgan fingerprint density at radius 1 is 1.11 bits per heavy atom. The van der Waals surface area contributed by atoms with Gasteiger partial charge in [0.2, 0.25) is 0 Å². The maximum Gasteiger partial charge on any atom is 0.0796 e. The first-order valence-electron chi connectivity index (χ1n) is 7.02. The van der Waals surface area contributed by atoms with E-state index in [0.29, 0.717) is 0 Å². The van der Waals surface area contributed by atoms with Gasteiger partial charge in [0.15, 0.2) is 0 Å². The molecular weight excluding hydrogens is 220 g/mol. The number of benzene rings is 2. The van der Waals surface area contributed by atoms with Crippen molar-refractivity contribution in [2.45, 2.75) is 45.1 Å². The van der Waals surface area contributed by atoms with E-state index in [1.54, 1.807) is 0 Å². The zero-order valence-corrected chi connectivity index (χ0v) is 10.9. The molecule has 3 rings (SSSR count). The smallest absolute Gasteiger partial charge is 0.0796 e. The number of unbranched alkanes of at least 4 members (excludes halogenated alkanes) is 1. The Morgan fingerprint density at radius 3 is 2.67 bits per heavy atom. The van der Waals surface area contributed by atoms with Crippen molar-refractivity contribution in [2.75, 3.05) is 0 Å². The van der Waals surface area contributed by atoms with Gasteiger partial charge in [-0.15, -0.1) is 0 Å². The third-order valence-corrected chi connectivity index (χ3v) is 4.10. The van der Waals surface area contributed by atoms with Crippen LogP contribution in [0, 0.1) is 0 Å². The Kier molecular flexibility index (Phi) is 3.09. The van der Waals surface area contributed by atoms with Gasteiger partial charge in [0.05, 0.1) is 6.10 Å². The Balaban J connectivity index is 2.09. The van der Waals surface area contributed by atoms with Gasteiger partial charge in [-0.2, -0.15) is 0 Å². The lowest BCUT2D eigenvalue weighted by atomic mass is 9.95. The van der Waals surface area contributed by atoms with Crippen molar-refractivity contribution in [1.29, 1.82) is 0 Å². The van der Waals surface area contributed by atoms with E-state index in [4.69, 9.17) is 0 Å². The molecule has 0 saturated heterocycles. The summed E-state index contributed by atoms with van der Waals surface area (Å²) in [5.74, 6) is 0. The molecule has 1 atom stereocenters. The van der Waals surface area contributed by atoms with Gasteiger partial charge in [-0.25, -0.2) is 0 Å². The lowest BCUT2D eigenvalue weighted by molar-refractivity contribution is 0.166. The molecule has 0 saturated carbocycles. The second-order valence-electron chi connectivity index (χ2n) is 5.31. The monoisotopic (exact) mass is 240 g/mol. The van der Waals surface area contributed by atoms with E-state index in [-0.39, 0.29) is 6.10 Å². The van der Waals surface area contributed by atoms with Gasteiger partial charge < -0.3 is 5.11 Å². The van der Waals surface area contributed by atoms with E-state index >= 15 is 0 Å². The van der Waals surface area contributed by atoms with Crippen LogP contribution in [0.4, 0.5) is 0 Å². The van der Waals surface area contributed by atoms with Gasteiger partial charge in [0, 0.05) is 0 Å². The summed E-state index contributed by atoms with van der Waals surface area (Å²) in [5, 5.41) is 13.0. The zero-order valence-electron chi connectivity index (χ0n) is 10.9. The van der Waals surface area contributed by atoms with Crippen LogP contribution in [0.25, 0.3) is 10.8 Å². The largest absolute Gasteiger partial charge is 0.388 e. The summed E-state index contributed by atoms with van der Waals surface area (Å²) in [6, 6.07) is 10.9. The van der Waals surface area contributed by atoms with Gasteiger partial charge in [-0.05, 0) is 46.7 Å². The Labute approximate surface area is 108 Å². The van der Waals surface area contributed by atoms with Crippen LogP contribution < -0.4 is 0 Å². The lowest BCUT2D eigenvalue weighted by Crippen LogP contribution is -1.99. The standard InChI is InChI=1S/C17H20O/c1-2-3-7-16(18)14-11-10-13-9-8-12-5-4-6-15(14)17(12)13/h4-6,10-11,16,18H,2-3,7-9H2,1H3. The van der Waals surface area contributed by atoms with Gasteiger partial charge >= 0.3 is 0 Å². The van der Waals surface area contributed by atoms with Crippen molar-refractivity contribution < 1.29 is 5.11 Å². The molecule has 1 heteroatoms. The van der Waals surface area contributed by atoms with E-state index in [2.05, 4.69) is 37.3 Å². The maximum absolute atomic E-state index is 10.4. The first-order valence-corrected chi connectivity index (χ1v) is 7.02. The number of rotatable bonds is 4. The van der Waals surface area contributed by atoms with E-state index in [1.807, 2.05) is 0 Å². The average molecular weight is 240 g/mol. The van der Waals surface area contributed by atoms with Crippen LogP contribution in [0.1, 0.15) is 49.0 Å². The lowest BCUT2D eigenvalue weighted by Gasteiger charge is -2.14. The summed E-state index contributed by atoms with van der Waals surface area (Å²) in [6.07, 6.45) is 5.09. The van der Waals surface area contributed by atoms with Crippen LogP contribution in [-0.4, -0.2) is 5.11 Å². The highest BCUT2D eigenvalue weighted by molar-refractivity contribution is 5.93. The minimum atomic E-state index is -0.310. The summed E-state index contributed by atoms with van der Waals surface area (Å²) in [5.41, 5.74) is 4.02. The first kappa shape index (κ1) is 11.7. The van der Waals surface area contributed by atoms with Gasteiger partial charge in [-0.3, -0.25) is 0 Å². The topological polar surface area (TPSA) is 20.2 Å². The Hall–Kier alpha value is -1.34. The molecule has 0 fully saturated rings. The van der Waals surface area contributed by atoms with Crippen molar-refractivity contribution in [2.24, 2.45) is 0 Å². The molecule has 2 aromatic carbocycles. The zero-order chi connectivity index (χ0) is 12.5. The number of hydrogen-bond acceptors (Lipinski definition) is 1. The molecule has 94 valence electrons. The number of aliphatic hydroxyl groups is 1. The molecule has 0 radical (unpaired) electrons. The van der Waals surface area contributed by atoms with Crippen LogP contribution in [0.3, 0.4) is 0 Å². The second-order valence-corrected chi connectivity index (χ2v) is 5.31. The second kappa shape index (κ2) is 4.74. The van der Waals surface area contributed by atoms with Crippen molar-refractivity contribution in [3.8, 4) is 0 Å². The van der Waals surface area contributed by atoms with Crippen molar-refractivity contribution in [1.82, 2.24) is 0 Å². The average Bonchev–Trinajstić information content (AvgIpc) is 2.82. The molecule has 1 N–H and O–H groups in total. The number of aliphatic hydroxyl groups excluding tert-OH is 1. The Morgan fingerprint density at radius 2 is 1.89 bits per heavy atom. The quantitative estimate of drug-likeness (QED) is 0.850. The van der Waals surface area contributed by atoms with Crippen molar-refractivity contribution in [3.05, 3.63) is 47.0 Å². The van der Waals surface area contributed by atoms with Crippen LogP contribution in [0.2, 0.25) is 0 Å². The van der Waals surface area contributed by atoms with Gasteiger partial charge in [0.1, 0.15) is 0 Å². The van der Waals surface area contributed by atoms with Crippen LogP contribution >= 0.6 is 0 Å². The van der Waals surface area contributed by atoms with E-state index in [9.17, 15) is 5.11 Å². The molecule has 1 unspecified atom stereocenters. The van der Waals surface area contributed by atoms with Crippen LogP contribution in [0.15, 0.2) is 30.3 Å². The molecule has 18 heavy (non-hydrogen) atoms. The highest BCUT2D eigenvalue weighted by Crippen LogP contribution is 2.35. The fourth-order valence-corrected chi connectivity index (χ4v) is 3.11. The minimum absolute atomic E-state index is 0.310. The number of aryl methyl sites for hydroxylation is 2. The molecule has 1 aliphatic rings. The minimum Gasteiger partial charge on any atom is -0.388 e. The molecular formula is C17H20O. The molecule has 0 aromatic heterocycles. The molecule has 0 bridgehead atoms. The molecule has 1 aliphatic carbocycles. The molecule has 0 aliphatic heterocycles. The third-order valence-electron chi connectivity index (χ3n) is 4.10. The highest BCUT2D eigenvalue weighted by atomic mass is 16.3. The molecule has 0 spiro atoms. The van der Waals surface area contributed by atoms with E-state index in [1.165, 1.54) is 21.9 Å². The van der Waals surface area contributed by atoms with Gasteiger partial charge in [-0.1, -0.05) is 50.1 Å². The third kappa shape index (κ3) is 1.83. The fourth-order valence-electron chi connectivity index (χ4n) is 3.11. The summed E-state index contributed by atoms with van der Waals surface area (Å²) in [4.78, 5) is 0. The SMILES string of the molecule is CCCCC(O)c1ccc2c3c(cccc13)CC2. The molecule has 0 amide bonds. The normalized spacial score (nSPS) is 15.2. The molecule has 2 aromatic rings. The Bertz CT molecular complexity index is 561. The predicted molar refractivity (Wildman–Crippen MR) is 75.8 cm³/mol. The van der Waals surface area contributed by atoms with Crippen molar-refractivity contribution >= 4 is 10.8 Å². The summed E-state index contributed by atoms with van der Waals surface area (Å²) in [6.45, 7) is 2.17. The van der Waals surface area contributed by atoms with E-state index in [0.717, 1.165) is 37.7 Å². The highest BCUT2D eigenvalue weighted by Gasteiger charge is 2.18. The molecule has 1 nitrogen and oxygen atoms in total. The fraction of sp³-hybridized carbons (Fsp3) is 0.412. The number of hydrogen-bond donors (Lipinski definition) is 1. The summed E-state index contributed by atoms with van der Waals surface area (Å²) >= 11 is 0. The first-order chi connectivity index (χ1) is 8.81. The van der Waals surface area contributed by atoms with Crippen LogP contribution in [-0.2, 0) is 12.8 Å². The van der Waals surface area contributed by atoms with Crippen LogP contribution in [0.5, 0.6) is 0 Å². The maximum atomic E-state index is 10.4. The predicted octanol–water partition coefficient (Wildman–Crippen LogP) is 4.16. The van der Waals surface area contributed by atoms with Crippen molar-refractivity contribution in [3.63, 3.8) is 0 Å².